The highest BCUT2D eigenvalue weighted by Gasteiger charge is 2.21. The van der Waals surface area contributed by atoms with E-state index in [1.807, 2.05) is 47.1 Å². The van der Waals surface area contributed by atoms with Crippen LogP contribution in [0.2, 0.25) is 0 Å². The van der Waals surface area contributed by atoms with E-state index < -0.39 is 0 Å². The average molecular weight is 334 g/mol. The highest BCUT2D eigenvalue weighted by Crippen LogP contribution is 2.24. The molecule has 128 valence electrons. The number of aromatic nitrogens is 2. The summed E-state index contributed by atoms with van der Waals surface area (Å²) >= 11 is 0. The molecule has 1 aliphatic rings. The number of amides is 1. The summed E-state index contributed by atoms with van der Waals surface area (Å²) in [6.07, 6.45) is 1.82. The molecule has 1 saturated heterocycles. The van der Waals surface area contributed by atoms with Gasteiger partial charge in [0, 0.05) is 38.3 Å². The van der Waals surface area contributed by atoms with E-state index in [0.717, 1.165) is 47.4 Å². The van der Waals surface area contributed by atoms with Crippen LogP contribution in [0.1, 0.15) is 17.3 Å². The molecule has 0 spiro atoms. The molecule has 1 atom stereocenters. The maximum Gasteiger partial charge on any atom is 0.253 e. The SMILES string of the molecule is CC1CN(C(=O)c2ccc(-c3ccc4c(c3)ncn4C)cc2)CCN1. The zero-order chi connectivity index (χ0) is 17.4. The van der Waals surface area contributed by atoms with Gasteiger partial charge in [0.25, 0.3) is 5.91 Å². The van der Waals surface area contributed by atoms with E-state index >= 15 is 0 Å². The Labute approximate surface area is 147 Å². The molecule has 1 amide bonds. The molecule has 1 N–H and O–H groups in total. The lowest BCUT2D eigenvalue weighted by molar-refractivity contribution is 0.0709. The molecule has 3 aromatic rings. The maximum atomic E-state index is 12.7. The number of rotatable bonds is 2. The number of hydrogen-bond donors (Lipinski definition) is 1. The van der Waals surface area contributed by atoms with Crippen LogP contribution in [0.25, 0.3) is 22.2 Å². The average Bonchev–Trinajstić information content (AvgIpc) is 3.02. The third-order valence-corrected chi connectivity index (χ3v) is 4.85. The van der Waals surface area contributed by atoms with Crippen LogP contribution in [-0.2, 0) is 7.05 Å². The quantitative estimate of drug-likeness (QED) is 0.784. The fourth-order valence-electron chi connectivity index (χ4n) is 3.42. The lowest BCUT2D eigenvalue weighted by Gasteiger charge is -2.32. The fourth-order valence-corrected chi connectivity index (χ4v) is 3.42. The molecule has 0 bridgehead atoms. The van der Waals surface area contributed by atoms with Gasteiger partial charge in [0.15, 0.2) is 0 Å². The Balaban J connectivity index is 1.57. The molecule has 1 aliphatic heterocycles. The van der Waals surface area contributed by atoms with Crippen molar-refractivity contribution in [3.63, 3.8) is 0 Å². The Morgan fingerprint density at radius 1 is 1.16 bits per heavy atom. The van der Waals surface area contributed by atoms with Crippen LogP contribution in [0.5, 0.6) is 0 Å². The fraction of sp³-hybridized carbons (Fsp3) is 0.300. The van der Waals surface area contributed by atoms with Gasteiger partial charge in [-0.2, -0.15) is 0 Å². The molecule has 1 aromatic heterocycles. The summed E-state index contributed by atoms with van der Waals surface area (Å²) < 4.78 is 2.01. The van der Waals surface area contributed by atoms with E-state index in [-0.39, 0.29) is 5.91 Å². The van der Waals surface area contributed by atoms with E-state index in [0.29, 0.717) is 6.04 Å². The second-order valence-electron chi connectivity index (χ2n) is 6.74. The van der Waals surface area contributed by atoms with Crippen LogP contribution in [-0.4, -0.2) is 46.0 Å². The van der Waals surface area contributed by atoms with Crippen molar-refractivity contribution < 1.29 is 4.79 Å². The zero-order valence-electron chi connectivity index (χ0n) is 14.6. The number of benzene rings is 2. The third kappa shape index (κ3) is 3.03. The summed E-state index contributed by atoms with van der Waals surface area (Å²) in [5.41, 5.74) is 5.05. The normalized spacial score (nSPS) is 17.8. The summed E-state index contributed by atoms with van der Waals surface area (Å²) in [5.74, 6) is 0.111. The second kappa shape index (κ2) is 6.33. The summed E-state index contributed by atoms with van der Waals surface area (Å²) in [4.78, 5) is 19.0. The molecule has 0 aliphatic carbocycles. The summed E-state index contributed by atoms with van der Waals surface area (Å²) in [6.45, 7) is 4.49. The minimum atomic E-state index is 0.111. The lowest BCUT2D eigenvalue weighted by Crippen LogP contribution is -2.51. The van der Waals surface area contributed by atoms with Crippen molar-refractivity contribution in [2.45, 2.75) is 13.0 Å². The van der Waals surface area contributed by atoms with Crippen molar-refractivity contribution in [2.75, 3.05) is 19.6 Å². The molecule has 0 radical (unpaired) electrons. The first-order valence-electron chi connectivity index (χ1n) is 8.66. The van der Waals surface area contributed by atoms with Crippen LogP contribution in [0.4, 0.5) is 0 Å². The van der Waals surface area contributed by atoms with Gasteiger partial charge < -0.3 is 14.8 Å². The van der Waals surface area contributed by atoms with Crippen molar-refractivity contribution >= 4 is 16.9 Å². The molecule has 5 nitrogen and oxygen atoms in total. The first kappa shape index (κ1) is 15.8. The second-order valence-corrected chi connectivity index (χ2v) is 6.74. The van der Waals surface area contributed by atoms with E-state index in [9.17, 15) is 4.79 Å². The number of aryl methyl sites for hydroxylation is 1. The third-order valence-electron chi connectivity index (χ3n) is 4.85. The standard InChI is InChI=1S/C20H22N4O/c1-14-12-24(10-9-21-14)20(25)16-5-3-15(4-6-16)17-7-8-19-18(11-17)22-13-23(19)2/h3-8,11,13-14,21H,9-10,12H2,1-2H3. The molecule has 1 unspecified atom stereocenters. The molecule has 5 heteroatoms. The van der Waals surface area contributed by atoms with Gasteiger partial charge in [0.1, 0.15) is 0 Å². The molecular formula is C20H22N4O. The molecular weight excluding hydrogens is 312 g/mol. The van der Waals surface area contributed by atoms with Crippen LogP contribution in [0, 0.1) is 0 Å². The van der Waals surface area contributed by atoms with E-state index in [1.165, 1.54) is 0 Å². The van der Waals surface area contributed by atoms with Gasteiger partial charge >= 0.3 is 0 Å². The number of carbonyl (C=O) groups is 1. The maximum absolute atomic E-state index is 12.7. The van der Waals surface area contributed by atoms with Crippen LogP contribution < -0.4 is 5.32 Å². The van der Waals surface area contributed by atoms with Crippen molar-refractivity contribution in [3.8, 4) is 11.1 Å². The van der Waals surface area contributed by atoms with Crippen molar-refractivity contribution in [2.24, 2.45) is 7.05 Å². The molecule has 2 heterocycles. The smallest absolute Gasteiger partial charge is 0.253 e. The van der Waals surface area contributed by atoms with Crippen molar-refractivity contribution in [1.29, 1.82) is 0 Å². The van der Waals surface area contributed by atoms with E-state index in [1.54, 1.807) is 0 Å². The van der Waals surface area contributed by atoms with Crippen molar-refractivity contribution in [3.05, 3.63) is 54.4 Å². The Morgan fingerprint density at radius 3 is 2.68 bits per heavy atom. The minimum absolute atomic E-state index is 0.111. The Hall–Kier alpha value is -2.66. The zero-order valence-corrected chi connectivity index (χ0v) is 14.6. The molecule has 1 fully saturated rings. The van der Waals surface area contributed by atoms with Gasteiger partial charge in [-0.3, -0.25) is 4.79 Å². The Morgan fingerprint density at radius 2 is 1.92 bits per heavy atom. The van der Waals surface area contributed by atoms with Gasteiger partial charge in [-0.25, -0.2) is 4.98 Å². The largest absolute Gasteiger partial charge is 0.336 e. The number of imidazole rings is 1. The summed E-state index contributed by atoms with van der Waals surface area (Å²) in [7, 11) is 1.99. The first-order valence-corrected chi connectivity index (χ1v) is 8.66. The molecule has 2 aromatic carbocycles. The summed E-state index contributed by atoms with van der Waals surface area (Å²) in [5, 5.41) is 3.36. The number of fused-ring (bicyclic) bond motifs is 1. The number of piperazine rings is 1. The lowest BCUT2D eigenvalue weighted by atomic mass is 10.0. The number of hydrogen-bond acceptors (Lipinski definition) is 3. The predicted molar refractivity (Wildman–Crippen MR) is 99.5 cm³/mol. The highest BCUT2D eigenvalue weighted by molar-refractivity contribution is 5.95. The van der Waals surface area contributed by atoms with E-state index in [4.69, 9.17) is 0 Å². The number of nitrogens with one attached hydrogen (secondary N) is 1. The monoisotopic (exact) mass is 334 g/mol. The predicted octanol–water partition coefficient (Wildman–Crippen LogP) is 2.67. The highest BCUT2D eigenvalue weighted by atomic mass is 16.2. The van der Waals surface area contributed by atoms with Gasteiger partial charge in [-0.15, -0.1) is 0 Å². The van der Waals surface area contributed by atoms with Crippen LogP contribution >= 0.6 is 0 Å². The number of carbonyl (C=O) groups excluding carboxylic acids is 1. The van der Waals surface area contributed by atoms with Gasteiger partial charge in [0.2, 0.25) is 0 Å². The van der Waals surface area contributed by atoms with Gasteiger partial charge in [0.05, 0.1) is 17.4 Å². The first-order chi connectivity index (χ1) is 12.1. The molecule has 25 heavy (non-hydrogen) atoms. The topological polar surface area (TPSA) is 50.2 Å². The summed E-state index contributed by atoms with van der Waals surface area (Å²) in [6, 6.07) is 14.5. The Bertz CT molecular complexity index is 913. The molecule has 0 saturated carbocycles. The number of nitrogens with zero attached hydrogens (tertiary/aromatic N) is 3. The van der Waals surface area contributed by atoms with Crippen molar-refractivity contribution in [1.82, 2.24) is 19.8 Å². The minimum Gasteiger partial charge on any atom is -0.336 e. The van der Waals surface area contributed by atoms with Gasteiger partial charge in [-0.05, 0) is 42.3 Å². The molecule has 4 rings (SSSR count). The van der Waals surface area contributed by atoms with E-state index in [2.05, 4.69) is 35.4 Å². The Kier molecular flexibility index (Phi) is 4.01. The van der Waals surface area contributed by atoms with Crippen LogP contribution in [0.15, 0.2) is 48.8 Å². The van der Waals surface area contributed by atoms with Crippen LogP contribution in [0.3, 0.4) is 0 Å². The van der Waals surface area contributed by atoms with Gasteiger partial charge in [-0.1, -0.05) is 18.2 Å².